The molecule has 0 saturated carbocycles. The Hall–Kier alpha value is -0.930. The molecule has 0 aliphatic rings. The van der Waals surface area contributed by atoms with Crippen LogP contribution >= 0.6 is 23.4 Å². The van der Waals surface area contributed by atoms with Gasteiger partial charge in [-0.15, -0.1) is 11.8 Å². The third-order valence-electron chi connectivity index (χ3n) is 2.46. The van der Waals surface area contributed by atoms with Gasteiger partial charge in [0.15, 0.2) is 0 Å². The van der Waals surface area contributed by atoms with Gasteiger partial charge in [-0.25, -0.2) is 0 Å². The van der Waals surface area contributed by atoms with Crippen LogP contribution in [0.3, 0.4) is 0 Å². The maximum atomic E-state index is 6.09. The Morgan fingerprint density at radius 2 is 2.18 bits per heavy atom. The molecular formula is C13H15ClN2S. The van der Waals surface area contributed by atoms with E-state index >= 15 is 0 Å². The van der Waals surface area contributed by atoms with Crippen LogP contribution < -0.4 is 0 Å². The molecule has 0 atom stereocenters. The molecule has 0 unspecified atom stereocenters. The van der Waals surface area contributed by atoms with Gasteiger partial charge >= 0.3 is 0 Å². The summed E-state index contributed by atoms with van der Waals surface area (Å²) in [6.07, 6.45) is 6.22. The van der Waals surface area contributed by atoms with E-state index in [4.69, 9.17) is 11.6 Å². The number of aromatic nitrogens is 2. The fourth-order valence-corrected chi connectivity index (χ4v) is 2.81. The molecule has 0 spiro atoms. The first-order valence-electron chi connectivity index (χ1n) is 5.60. The van der Waals surface area contributed by atoms with Gasteiger partial charge in [-0.3, -0.25) is 4.68 Å². The molecule has 4 heteroatoms. The van der Waals surface area contributed by atoms with E-state index in [1.807, 2.05) is 47.9 Å². The largest absolute Gasteiger partial charge is 0.276 e. The first-order valence-corrected chi connectivity index (χ1v) is 6.97. The lowest BCUT2D eigenvalue weighted by Crippen LogP contribution is -1.87. The van der Waals surface area contributed by atoms with Gasteiger partial charge in [0.1, 0.15) is 0 Å². The Bertz CT molecular complexity index is 482. The molecule has 0 bridgehead atoms. The summed E-state index contributed by atoms with van der Waals surface area (Å²) in [5.41, 5.74) is 1.30. The van der Waals surface area contributed by atoms with Gasteiger partial charge in [0.05, 0.1) is 11.2 Å². The van der Waals surface area contributed by atoms with E-state index in [0.29, 0.717) is 0 Å². The summed E-state index contributed by atoms with van der Waals surface area (Å²) in [5.74, 6) is 1.08. The minimum absolute atomic E-state index is 0.846. The average molecular weight is 267 g/mol. The van der Waals surface area contributed by atoms with Crippen molar-refractivity contribution in [2.75, 3.05) is 5.75 Å². The summed E-state index contributed by atoms with van der Waals surface area (Å²) in [5, 5.41) is 5.00. The normalized spacial score (nSPS) is 10.7. The molecule has 2 aromatic rings. The molecule has 0 N–H and O–H groups in total. The van der Waals surface area contributed by atoms with Crippen LogP contribution in [0.5, 0.6) is 0 Å². The second-order valence-corrected chi connectivity index (χ2v) is 5.45. The molecule has 1 aromatic heterocycles. The summed E-state index contributed by atoms with van der Waals surface area (Å²) >= 11 is 7.90. The second-order valence-electron chi connectivity index (χ2n) is 3.90. The molecule has 1 heterocycles. The molecule has 0 fully saturated rings. The number of hydrogen-bond acceptors (Lipinski definition) is 2. The van der Waals surface area contributed by atoms with Crippen LogP contribution in [0.4, 0.5) is 0 Å². The zero-order valence-electron chi connectivity index (χ0n) is 9.77. The molecule has 0 saturated heterocycles. The fraction of sp³-hybridized carbons (Fsp3) is 0.308. The highest BCUT2D eigenvalue weighted by molar-refractivity contribution is 7.99. The fourth-order valence-electron chi connectivity index (χ4n) is 1.62. The monoisotopic (exact) mass is 266 g/mol. The van der Waals surface area contributed by atoms with Crippen molar-refractivity contribution in [3.63, 3.8) is 0 Å². The van der Waals surface area contributed by atoms with Crippen molar-refractivity contribution in [3.05, 3.63) is 47.2 Å². The molecule has 0 radical (unpaired) electrons. The van der Waals surface area contributed by atoms with Gasteiger partial charge in [0, 0.05) is 18.1 Å². The number of rotatable bonds is 5. The molecule has 0 amide bonds. The van der Waals surface area contributed by atoms with Crippen molar-refractivity contribution in [1.82, 2.24) is 9.78 Å². The van der Waals surface area contributed by atoms with Crippen LogP contribution in [0.15, 0.2) is 41.6 Å². The number of nitrogens with zero attached hydrogens (tertiary/aromatic N) is 2. The maximum Gasteiger partial charge on any atom is 0.0541 e. The van der Waals surface area contributed by atoms with E-state index in [2.05, 4.69) is 17.4 Å². The topological polar surface area (TPSA) is 17.8 Å². The van der Waals surface area contributed by atoms with Crippen molar-refractivity contribution in [1.29, 1.82) is 0 Å². The third kappa shape index (κ3) is 3.79. The molecule has 0 aliphatic carbocycles. The van der Waals surface area contributed by atoms with Crippen molar-refractivity contribution < 1.29 is 0 Å². The van der Waals surface area contributed by atoms with E-state index < -0.39 is 0 Å². The number of benzene rings is 1. The second kappa shape index (κ2) is 6.12. The smallest absolute Gasteiger partial charge is 0.0541 e. The molecule has 2 nitrogen and oxygen atoms in total. The van der Waals surface area contributed by atoms with Gasteiger partial charge in [0.25, 0.3) is 0 Å². The summed E-state index contributed by atoms with van der Waals surface area (Å²) in [7, 11) is 1.95. The van der Waals surface area contributed by atoms with E-state index in [1.165, 1.54) is 10.5 Å². The summed E-state index contributed by atoms with van der Waals surface area (Å²) in [6, 6.07) is 7.99. The van der Waals surface area contributed by atoms with Crippen LogP contribution in [0, 0.1) is 0 Å². The number of thioether (sulfide) groups is 1. The Morgan fingerprint density at radius 3 is 2.88 bits per heavy atom. The standard InChI is InChI=1S/C13H15ClN2S/c1-16-10-11(9-15-16)5-4-8-17-13-7-3-2-6-12(13)14/h2-3,6-7,9-10H,4-5,8H2,1H3. The molecule has 17 heavy (non-hydrogen) atoms. The molecule has 2 rings (SSSR count). The van der Waals surface area contributed by atoms with Gasteiger partial charge in [-0.05, 0) is 36.3 Å². The van der Waals surface area contributed by atoms with Crippen LogP contribution in [0.25, 0.3) is 0 Å². The maximum absolute atomic E-state index is 6.09. The van der Waals surface area contributed by atoms with Crippen molar-refractivity contribution >= 4 is 23.4 Å². The van der Waals surface area contributed by atoms with Gasteiger partial charge in [-0.1, -0.05) is 23.7 Å². The van der Waals surface area contributed by atoms with Gasteiger partial charge < -0.3 is 0 Å². The van der Waals surface area contributed by atoms with Crippen molar-refractivity contribution in [2.24, 2.45) is 7.05 Å². The van der Waals surface area contributed by atoms with Gasteiger partial charge in [-0.2, -0.15) is 5.10 Å². The molecule has 1 aromatic carbocycles. The Balaban J connectivity index is 1.75. The van der Waals surface area contributed by atoms with Crippen molar-refractivity contribution in [2.45, 2.75) is 17.7 Å². The minimum atomic E-state index is 0.846. The third-order valence-corrected chi connectivity index (χ3v) is 4.06. The van der Waals surface area contributed by atoms with E-state index in [0.717, 1.165) is 23.6 Å². The average Bonchev–Trinajstić information content (AvgIpc) is 2.73. The highest BCUT2D eigenvalue weighted by Gasteiger charge is 2.00. The van der Waals surface area contributed by atoms with Crippen LogP contribution in [0.1, 0.15) is 12.0 Å². The number of halogens is 1. The van der Waals surface area contributed by atoms with E-state index in [9.17, 15) is 0 Å². The van der Waals surface area contributed by atoms with Crippen LogP contribution in [-0.2, 0) is 13.5 Å². The minimum Gasteiger partial charge on any atom is -0.276 e. The van der Waals surface area contributed by atoms with Crippen LogP contribution in [-0.4, -0.2) is 15.5 Å². The molecular weight excluding hydrogens is 252 g/mol. The molecule has 90 valence electrons. The Kier molecular flexibility index (Phi) is 4.51. The predicted octanol–water partition coefficient (Wildman–Crippen LogP) is 3.80. The van der Waals surface area contributed by atoms with Crippen LogP contribution in [0.2, 0.25) is 5.02 Å². The van der Waals surface area contributed by atoms with E-state index in [1.54, 1.807) is 0 Å². The SMILES string of the molecule is Cn1cc(CCCSc2ccccc2Cl)cn1. The highest BCUT2D eigenvalue weighted by atomic mass is 35.5. The van der Waals surface area contributed by atoms with Gasteiger partial charge in [0.2, 0.25) is 0 Å². The molecule has 0 aliphatic heterocycles. The Morgan fingerprint density at radius 1 is 1.35 bits per heavy atom. The predicted molar refractivity (Wildman–Crippen MR) is 73.7 cm³/mol. The first kappa shape index (κ1) is 12.5. The first-order chi connectivity index (χ1) is 8.25. The quantitative estimate of drug-likeness (QED) is 0.605. The number of hydrogen-bond donors (Lipinski definition) is 0. The Labute approximate surface area is 111 Å². The zero-order chi connectivity index (χ0) is 12.1. The number of aryl methyl sites for hydroxylation is 2. The van der Waals surface area contributed by atoms with Crippen molar-refractivity contribution in [3.8, 4) is 0 Å². The highest BCUT2D eigenvalue weighted by Crippen LogP contribution is 2.27. The lowest BCUT2D eigenvalue weighted by atomic mass is 10.2. The lowest BCUT2D eigenvalue weighted by molar-refractivity contribution is 0.766. The summed E-state index contributed by atoms with van der Waals surface area (Å²) < 4.78 is 1.84. The zero-order valence-corrected chi connectivity index (χ0v) is 11.3. The summed E-state index contributed by atoms with van der Waals surface area (Å²) in [4.78, 5) is 1.17. The lowest BCUT2D eigenvalue weighted by Gasteiger charge is -2.02. The van der Waals surface area contributed by atoms with E-state index in [-0.39, 0.29) is 0 Å². The summed E-state index contributed by atoms with van der Waals surface area (Å²) in [6.45, 7) is 0.